The van der Waals surface area contributed by atoms with E-state index in [0.29, 0.717) is 15.6 Å². The Hall–Kier alpha value is -2.64. The Morgan fingerprint density at radius 3 is 2.44 bits per heavy atom. The second kappa shape index (κ2) is 8.46. The van der Waals surface area contributed by atoms with Crippen LogP contribution in [0.25, 0.3) is 0 Å². The highest BCUT2D eigenvalue weighted by molar-refractivity contribution is 6.35. The molecule has 0 amide bonds. The van der Waals surface area contributed by atoms with E-state index < -0.39 is 17.0 Å². The second-order valence-corrected chi connectivity index (χ2v) is 5.62. The van der Waals surface area contributed by atoms with Gasteiger partial charge in [0.15, 0.2) is 0 Å². The van der Waals surface area contributed by atoms with Crippen molar-refractivity contribution in [1.29, 1.82) is 0 Å². The first-order chi connectivity index (χ1) is 11.9. The molecule has 2 aromatic carbocycles. The lowest BCUT2D eigenvalue weighted by Gasteiger charge is -2.14. The summed E-state index contributed by atoms with van der Waals surface area (Å²) in [7, 11) is 0. The van der Waals surface area contributed by atoms with Gasteiger partial charge in [0, 0.05) is 33.3 Å². The van der Waals surface area contributed by atoms with Crippen molar-refractivity contribution in [2.45, 2.75) is 12.7 Å². The van der Waals surface area contributed by atoms with Gasteiger partial charge in [0.05, 0.1) is 4.92 Å². The zero-order valence-electron chi connectivity index (χ0n) is 12.5. The van der Waals surface area contributed by atoms with E-state index in [1.807, 2.05) is 0 Å². The highest BCUT2D eigenvalue weighted by Gasteiger charge is 2.25. The summed E-state index contributed by atoms with van der Waals surface area (Å²) in [5.41, 5.74) is 0.553. The summed E-state index contributed by atoms with van der Waals surface area (Å²) in [5.74, 6) is -0.872. The molecule has 0 aromatic heterocycles. The normalized spacial score (nSPS) is 11.4. The van der Waals surface area contributed by atoms with Crippen LogP contribution in [0.5, 0.6) is 0 Å². The molecular formula is C16H10Cl2NO6. The zero-order chi connectivity index (χ0) is 18.4. The van der Waals surface area contributed by atoms with Crippen LogP contribution in [0.4, 0.5) is 5.69 Å². The Morgan fingerprint density at radius 2 is 1.88 bits per heavy atom. The van der Waals surface area contributed by atoms with Gasteiger partial charge in [0.2, 0.25) is 6.10 Å². The molecule has 25 heavy (non-hydrogen) atoms. The predicted octanol–water partition coefficient (Wildman–Crippen LogP) is 3.77. The van der Waals surface area contributed by atoms with Gasteiger partial charge in [0.25, 0.3) is 5.69 Å². The molecule has 2 rings (SSSR count). The fraction of sp³-hybridized carbons (Fsp3) is 0.125. The number of nitro benzene ring substituents is 1. The van der Waals surface area contributed by atoms with Gasteiger partial charge < -0.3 is 9.47 Å². The minimum Gasteiger partial charge on any atom is -0.458 e. The van der Waals surface area contributed by atoms with Crippen molar-refractivity contribution in [3.05, 3.63) is 73.8 Å². The van der Waals surface area contributed by atoms with Crippen LogP contribution >= 0.6 is 23.2 Å². The predicted molar refractivity (Wildman–Crippen MR) is 88.9 cm³/mol. The maximum atomic E-state index is 12.2. The van der Waals surface area contributed by atoms with Crippen LogP contribution in [-0.2, 0) is 25.7 Å². The van der Waals surface area contributed by atoms with Crippen molar-refractivity contribution in [2.24, 2.45) is 0 Å². The summed E-state index contributed by atoms with van der Waals surface area (Å²) < 4.78 is 9.72. The van der Waals surface area contributed by atoms with Crippen LogP contribution in [0, 0.1) is 10.1 Å². The molecule has 1 radical (unpaired) electrons. The molecule has 1 unspecified atom stereocenters. The van der Waals surface area contributed by atoms with Crippen LogP contribution in [0.15, 0.2) is 42.5 Å². The fourth-order valence-corrected chi connectivity index (χ4v) is 2.40. The molecule has 0 heterocycles. The van der Waals surface area contributed by atoms with Gasteiger partial charge in [-0.05, 0) is 24.3 Å². The highest BCUT2D eigenvalue weighted by Crippen LogP contribution is 2.24. The number of ether oxygens (including phenoxy) is 2. The van der Waals surface area contributed by atoms with E-state index >= 15 is 0 Å². The van der Waals surface area contributed by atoms with Crippen molar-refractivity contribution < 1.29 is 24.0 Å². The smallest absolute Gasteiger partial charge is 0.418 e. The Morgan fingerprint density at radius 1 is 1.20 bits per heavy atom. The number of hydrogen-bond donors (Lipinski definition) is 0. The van der Waals surface area contributed by atoms with Crippen LogP contribution in [0.1, 0.15) is 17.2 Å². The number of carbonyl (C=O) groups excluding carboxylic acids is 2. The van der Waals surface area contributed by atoms with E-state index in [0.717, 1.165) is 0 Å². The molecule has 0 saturated carbocycles. The molecule has 7 nitrogen and oxygen atoms in total. The minimum absolute atomic E-state index is 0.166. The number of carbonyl (C=O) groups is 1. The third-order valence-electron chi connectivity index (χ3n) is 3.17. The highest BCUT2D eigenvalue weighted by atomic mass is 35.5. The SMILES string of the molecule is O=[C]OC(C(=O)OCc1ccc(Cl)cc1Cl)c1ccc([N+](=O)[O-])cc1. The van der Waals surface area contributed by atoms with Crippen molar-refractivity contribution in [3.8, 4) is 0 Å². The van der Waals surface area contributed by atoms with Crippen LogP contribution in [0.3, 0.4) is 0 Å². The quantitative estimate of drug-likeness (QED) is 0.410. The molecule has 0 N–H and O–H groups in total. The molecule has 0 aliphatic rings. The first kappa shape index (κ1) is 18.7. The maximum Gasteiger partial charge on any atom is 0.418 e. The molecular weight excluding hydrogens is 373 g/mol. The molecule has 0 aliphatic heterocycles. The lowest BCUT2D eigenvalue weighted by atomic mass is 10.1. The van der Waals surface area contributed by atoms with Crippen molar-refractivity contribution in [2.75, 3.05) is 0 Å². The van der Waals surface area contributed by atoms with Crippen molar-refractivity contribution in [3.63, 3.8) is 0 Å². The maximum absolute atomic E-state index is 12.2. The lowest BCUT2D eigenvalue weighted by Crippen LogP contribution is -2.18. The standard InChI is InChI=1S/C16H10Cl2NO6/c17-12-4-1-11(14(18)7-12)8-24-16(21)15(25-9-20)10-2-5-13(6-3-10)19(22)23/h1-7,15H,8H2. The molecule has 1 atom stereocenters. The number of nitrogens with zero attached hydrogens (tertiary/aromatic N) is 1. The molecule has 0 aliphatic carbocycles. The number of halogens is 2. The first-order valence-electron chi connectivity index (χ1n) is 6.80. The van der Waals surface area contributed by atoms with Crippen LogP contribution < -0.4 is 0 Å². The first-order valence-corrected chi connectivity index (χ1v) is 7.55. The molecule has 0 saturated heterocycles. The zero-order valence-corrected chi connectivity index (χ0v) is 14.0. The third kappa shape index (κ3) is 4.91. The van der Waals surface area contributed by atoms with Gasteiger partial charge >= 0.3 is 12.4 Å². The number of non-ortho nitro benzene ring substituents is 1. The molecule has 0 bridgehead atoms. The minimum atomic E-state index is -1.40. The largest absolute Gasteiger partial charge is 0.458 e. The monoisotopic (exact) mass is 382 g/mol. The van der Waals surface area contributed by atoms with E-state index in [-0.39, 0.29) is 17.9 Å². The van der Waals surface area contributed by atoms with E-state index in [1.165, 1.54) is 36.8 Å². The van der Waals surface area contributed by atoms with Gasteiger partial charge in [0.1, 0.15) is 6.61 Å². The molecule has 2 aromatic rings. The van der Waals surface area contributed by atoms with Crippen LogP contribution in [0.2, 0.25) is 10.0 Å². The number of benzene rings is 2. The molecule has 0 fully saturated rings. The summed E-state index contributed by atoms with van der Waals surface area (Å²) >= 11 is 11.8. The summed E-state index contributed by atoms with van der Waals surface area (Å²) in [5, 5.41) is 11.4. The van der Waals surface area contributed by atoms with Crippen molar-refractivity contribution >= 4 is 41.3 Å². The summed E-state index contributed by atoms with van der Waals surface area (Å²) in [6.07, 6.45) is -1.40. The van der Waals surface area contributed by atoms with E-state index in [2.05, 4.69) is 4.74 Å². The molecule has 9 heteroatoms. The van der Waals surface area contributed by atoms with Gasteiger partial charge in [-0.15, -0.1) is 0 Å². The van der Waals surface area contributed by atoms with Crippen LogP contribution in [-0.4, -0.2) is 17.4 Å². The van der Waals surface area contributed by atoms with Gasteiger partial charge in [-0.25, -0.2) is 9.59 Å². The van der Waals surface area contributed by atoms with Gasteiger partial charge in [-0.2, -0.15) is 0 Å². The fourth-order valence-electron chi connectivity index (χ4n) is 1.93. The third-order valence-corrected chi connectivity index (χ3v) is 3.76. The number of hydrogen-bond acceptors (Lipinski definition) is 6. The average molecular weight is 383 g/mol. The lowest BCUT2D eigenvalue weighted by molar-refractivity contribution is -0.384. The Labute approximate surface area is 152 Å². The van der Waals surface area contributed by atoms with E-state index in [1.54, 1.807) is 12.1 Å². The van der Waals surface area contributed by atoms with Gasteiger partial charge in [-0.1, -0.05) is 29.3 Å². The average Bonchev–Trinajstić information content (AvgIpc) is 2.58. The number of rotatable bonds is 7. The second-order valence-electron chi connectivity index (χ2n) is 4.77. The Bertz CT molecular complexity index is 794. The number of esters is 1. The Kier molecular flexibility index (Phi) is 6.32. The van der Waals surface area contributed by atoms with Crippen molar-refractivity contribution in [1.82, 2.24) is 0 Å². The van der Waals surface area contributed by atoms with E-state index in [9.17, 15) is 19.7 Å². The topological polar surface area (TPSA) is 95.7 Å². The number of nitro groups is 1. The molecule has 0 spiro atoms. The summed E-state index contributed by atoms with van der Waals surface area (Å²) in [4.78, 5) is 32.8. The molecule has 129 valence electrons. The summed E-state index contributed by atoms with van der Waals surface area (Å²) in [6, 6.07) is 9.61. The Balaban J connectivity index is 2.11. The van der Waals surface area contributed by atoms with E-state index in [4.69, 9.17) is 27.9 Å². The summed E-state index contributed by atoms with van der Waals surface area (Å²) in [6.45, 7) is 1.01. The van der Waals surface area contributed by atoms with Gasteiger partial charge in [-0.3, -0.25) is 10.1 Å².